The van der Waals surface area contributed by atoms with Crippen molar-refractivity contribution in [2.45, 2.75) is 25.3 Å². The maximum atomic E-state index is 12.3. The smallest absolute Gasteiger partial charge is 0.227 e. The average molecular weight is 299 g/mol. The molecule has 20 heavy (non-hydrogen) atoms. The van der Waals surface area contributed by atoms with Crippen LogP contribution in [0, 0.1) is 0 Å². The third kappa shape index (κ3) is 4.39. The number of methoxy groups -OCH3 is 1. The molecular formula is C15H23ClN2O2. The summed E-state index contributed by atoms with van der Waals surface area (Å²) in [5.41, 5.74) is 1.04. The lowest BCUT2D eigenvalue weighted by Crippen LogP contribution is -2.47. The number of amides is 1. The summed E-state index contributed by atoms with van der Waals surface area (Å²) in [6, 6.07) is 8.14. The molecule has 1 aromatic carbocycles. The number of piperidine rings is 1. The number of carbonyl (C=O) groups is 1. The highest BCUT2D eigenvalue weighted by atomic mass is 35.5. The van der Waals surface area contributed by atoms with Gasteiger partial charge in [-0.05, 0) is 37.6 Å². The largest absolute Gasteiger partial charge is 0.497 e. The van der Waals surface area contributed by atoms with Crippen LogP contribution in [0.25, 0.3) is 0 Å². The minimum atomic E-state index is 0. The Hall–Kier alpha value is -1.26. The minimum Gasteiger partial charge on any atom is -0.497 e. The van der Waals surface area contributed by atoms with Crippen LogP contribution in [0.15, 0.2) is 24.3 Å². The van der Waals surface area contributed by atoms with Gasteiger partial charge >= 0.3 is 0 Å². The summed E-state index contributed by atoms with van der Waals surface area (Å²) >= 11 is 0. The van der Waals surface area contributed by atoms with Crippen LogP contribution in [0.2, 0.25) is 0 Å². The predicted octanol–water partition coefficient (Wildman–Crippen LogP) is 1.87. The van der Waals surface area contributed by atoms with E-state index >= 15 is 0 Å². The molecule has 2 rings (SSSR count). The molecule has 1 aromatic rings. The Morgan fingerprint density at radius 3 is 2.70 bits per heavy atom. The molecule has 0 saturated carbocycles. The van der Waals surface area contributed by atoms with Gasteiger partial charge in [-0.1, -0.05) is 12.1 Å². The van der Waals surface area contributed by atoms with Crippen molar-refractivity contribution in [2.75, 3.05) is 27.2 Å². The summed E-state index contributed by atoms with van der Waals surface area (Å²) in [7, 11) is 3.61. The summed E-state index contributed by atoms with van der Waals surface area (Å²) < 4.78 is 5.12. The first-order valence-electron chi connectivity index (χ1n) is 6.81. The molecule has 0 aliphatic carbocycles. The fourth-order valence-corrected chi connectivity index (χ4v) is 2.47. The van der Waals surface area contributed by atoms with Gasteiger partial charge in [0.1, 0.15) is 5.75 Å². The van der Waals surface area contributed by atoms with E-state index in [4.69, 9.17) is 4.74 Å². The van der Waals surface area contributed by atoms with E-state index in [2.05, 4.69) is 5.32 Å². The molecule has 5 heteroatoms. The SMILES string of the molecule is CNC1CCCN(C(=O)Cc2ccc(OC)cc2)C1.Cl. The number of hydrogen-bond acceptors (Lipinski definition) is 3. The van der Waals surface area contributed by atoms with Crippen LogP contribution in [0.4, 0.5) is 0 Å². The van der Waals surface area contributed by atoms with Crippen molar-refractivity contribution in [1.29, 1.82) is 0 Å². The van der Waals surface area contributed by atoms with E-state index in [1.807, 2.05) is 36.2 Å². The van der Waals surface area contributed by atoms with Gasteiger partial charge < -0.3 is 15.0 Å². The first-order chi connectivity index (χ1) is 9.22. The quantitative estimate of drug-likeness (QED) is 0.923. The fraction of sp³-hybridized carbons (Fsp3) is 0.533. The van der Waals surface area contributed by atoms with Crippen molar-refractivity contribution < 1.29 is 9.53 Å². The number of halogens is 1. The lowest BCUT2D eigenvalue weighted by Gasteiger charge is -2.32. The van der Waals surface area contributed by atoms with E-state index in [1.165, 1.54) is 0 Å². The highest BCUT2D eigenvalue weighted by Crippen LogP contribution is 2.14. The Kier molecular flexibility index (Phi) is 6.82. The van der Waals surface area contributed by atoms with Crippen LogP contribution in [0.3, 0.4) is 0 Å². The van der Waals surface area contributed by atoms with Gasteiger partial charge in [0.05, 0.1) is 13.5 Å². The zero-order valence-corrected chi connectivity index (χ0v) is 12.9. The van der Waals surface area contributed by atoms with Gasteiger partial charge in [-0.15, -0.1) is 12.4 Å². The molecule has 1 aliphatic rings. The molecule has 0 radical (unpaired) electrons. The van der Waals surface area contributed by atoms with Crippen LogP contribution >= 0.6 is 12.4 Å². The topological polar surface area (TPSA) is 41.6 Å². The number of hydrogen-bond donors (Lipinski definition) is 1. The third-order valence-electron chi connectivity index (χ3n) is 3.70. The minimum absolute atomic E-state index is 0. The second-order valence-corrected chi connectivity index (χ2v) is 4.99. The molecular weight excluding hydrogens is 276 g/mol. The Balaban J connectivity index is 0.00000200. The average Bonchev–Trinajstić information content (AvgIpc) is 2.48. The Bertz CT molecular complexity index is 422. The highest BCUT2D eigenvalue weighted by Gasteiger charge is 2.22. The van der Waals surface area contributed by atoms with Crippen molar-refractivity contribution in [1.82, 2.24) is 10.2 Å². The van der Waals surface area contributed by atoms with Crippen LogP contribution in [-0.2, 0) is 11.2 Å². The molecule has 112 valence electrons. The Morgan fingerprint density at radius 2 is 2.10 bits per heavy atom. The van der Waals surface area contributed by atoms with Crippen molar-refractivity contribution in [3.8, 4) is 5.75 Å². The summed E-state index contributed by atoms with van der Waals surface area (Å²) in [5, 5.41) is 3.26. The third-order valence-corrected chi connectivity index (χ3v) is 3.70. The highest BCUT2D eigenvalue weighted by molar-refractivity contribution is 5.85. The van der Waals surface area contributed by atoms with Gasteiger partial charge in [0.15, 0.2) is 0 Å². The Morgan fingerprint density at radius 1 is 1.40 bits per heavy atom. The van der Waals surface area contributed by atoms with Gasteiger partial charge in [0.2, 0.25) is 5.91 Å². The maximum absolute atomic E-state index is 12.3. The number of benzene rings is 1. The number of rotatable bonds is 4. The van der Waals surface area contributed by atoms with Crippen LogP contribution in [0.1, 0.15) is 18.4 Å². The van der Waals surface area contributed by atoms with E-state index in [1.54, 1.807) is 7.11 Å². The summed E-state index contributed by atoms with van der Waals surface area (Å²) in [4.78, 5) is 14.2. The summed E-state index contributed by atoms with van der Waals surface area (Å²) in [6.45, 7) is 1.71. The molecule has 0 aromatic heterocycles. The second kappa shape index (κ2) is 8.12. The van der Waals surface area contributed by atoms with E-state index in [0.717, 1.165) is 37.2 Å². The number of nitrogens with zero attached hydrogens (tertiary/aromatic N) is 1. The van der Waals surface area contributed by atoms with E-state index in [0.29, 0.717) is 12.5 Å². The van der Waals surface area contributed by atoms with Crippen molar-refractivity contribution in [3.05, 3.63) is 29.8 Å². The van der Waals surface area contributed by atoms with Gasteiger partial charge in [-0.2, -0.15) is 0 Å². The molecule has 1 unspecified atom stereocenters. The summed E-state index contributed by atoms with van der Waals surface area (Å²) in [6.07, 6.45) is 2.71. The molecule has 1 heterocycles. The molecule has 1 atom stereocenters. The monoisotopic (exact) mass is 298 g/mol. The lowest BCUT2D eigenvalue weighted by molar-refractivity contribution is -0.131. The summed E-state index contributed by atoms with van der Waals surface area (Å²) in [5.74, 6) is 1.04. The normalized spacial score (nSPS) is 18.3. The second-order valence-electron chi connectivity index (χ2n) is 4.99. The zero-order chi connectivity index (χ0) is 13.7. The number of likely N-dealkylation sites (tertiary alicyclic amines) is 1. The first kappa shape index (κ1) is 16.8. The molecule has 0 spiro atoms. The zero-order valence-electron chi connectivity index (χ0n) is 12.1. The van der Waals surface area contributed by atoms with E-state index < -0.39 is 0 Å². The van der Waals surface area contributed by atoms with Gasteiger partial charge in [-0.3, -0.25) is 4.79 Å². The van der Waals surface area contributed by atoms with E-state index in [-0.39, 0.29) is 18.3 Å². The van der Waals surface area contributed by atoms with Crippen LogP contribution < -0.4 is 10.1 Å². The molecule has 0 bridgehead atoms. The molecule has 1 fully saturated rings. The van der Waals surface area contributed by atoms with Crippen LogP contribution in [0.5, 0.6) is 5.75 Å². The van der Waals surface area contributed by atoms with Gasteiger partial charge in [0, 0.05) is 19.1 Å². The maximum Gasteiger partial charge on any atom is 0.227 e. The van der Waals surface area contributed by atoms with Crippen molar-refractivity contribution in [3.63, 3.8) is 0 Å². The number of nitrogens with one attached hydrogen (secondary N) is 1. The number of carbonyl (C=O) groups excluding carboxylic acids is 1. The van der Waals surface area contributed by atoms with Gasteiger partial charge in [0.25, 0.3) is 0 Å². The molecule has 1 amide bonds. The molecule has 1 saturated heterocycles. The molecule has 1 N–H and O–H groups in total. The van der Waals surface area contributed by atoms with Crippen molar-refractivity contribution in [2.24, 2.45) is 0 Å². The lowest BCUT2D eigenvalue weighted by atomic mass is 10.0. The Labute approximate surface area is 126 Å². The fourth-order valence-electron chi connectivity index (χ4n) is 2.47. The van der Waals surface area contributed by atoms with Crippen LogP contribution in [-0.4, -0.2) is 44.1 Å². The number of ether oxygens (including phenoxy) is 1. The number of likely N-dealkylation sites (N-methyl/N-ethyl adjacent to an activating group) is 1. The molecule has 1 aliphatic heterocycles. The molecule has 4 nitrogen and oxygen atoms in total. The first-order valence-corrected chi connectivity index (χ1v) is 6.81. The van der Waals surface area contributed by atoms with Gasteiger partial charge in [-0.25, -0.2) is 0 Å². The predicted molar refractivity (Wildman–Crippen MR) is 82.6 cm³/mol. The standard InChI is InChI=1S/C15H22N2O2.ClH/c1-16-13-4-3-9-17(11-13)15(18)10-12-5-7-14(19-2)8-6-12;/h5-8,13,16H,3-4,9-11H2,1-2H3;1H. The van der Waals surface area contributed by atoms with Crippen molar-refractivity contribution >= 4 is 18.3 Å². The van der Waals surface area contributed by atoms with E-state index in [9.17, 15) is 4.79 Å².